The van der Waals surface area contributed by atoms with Gasteiger partial charge in [0.2, 0.25) is 5.91 Å². The summed E-state index contributed by atoms with van der Waals surface area (Å²) >= 11 is 6.11. The molecule has 0 spiro atoms. The smallest absolute Gasteiger partial charge is 0.309 e. The van der Waals surface area contributed by atoms with Gasteiger partial charge in [-0.15, -0.1) is 11.6 Å². The van der Waals surface area contributed by atoms with Crippen LogP contribution in [0.5, 0.6) is 0 Å². The molecule has 170 valence electrons. The molecule has 0 radical (unpaired) electrons. The van der Waals surface area contributed by atoms with Crippen molar-refractivity contribution in [2.45, 2.75) is 66.4 Å². The summed E-state index contributed by atoms with van der Waals surface area (Å²) in [4.78, 5) is 25.6. The van der Waals surface area contributed by atoms with Crippen LogP contribution in [0.2, 0.25) is 0 Å². The molecular formula is C26H36ClNO3. The SMILES string of the molecule is CC1=C(C)C(C)(Cc2ccc(COC(=O)C(C)CC(Cl)C(=O)N(C)C)cc2)C(C)=C1C. The molecule has 1 aromatic carbocycles. The second-order valence-electron chi connectivity index (χ2n) is 9.27. The molecule has 1 aliphatic rings. The Labute approximate surface area is 192 Å². The van der Waals surface area contributed by atoms with Crippen molar-refractivity contribution in [3.05, 3.63) is 57.7 Å². The molecule has 0 aliphatic heterocycles. The van der Waals surface area contributed by atoms with Crippen molar-refractivity contribution in [1.82, 2.24) is 4.90 Å². The van der Waals surface area contributed by atoms with Crippen LogP contribution in [-0.4, -0.2) is 36.2 Å². The van der Waals surface area contributed by atoms with Gasteiger partial charge < -0.3 is 9.64 Å². The number of rotatable bonds is 8. The predicted molar refractivity (Wildman–Crippen MR) is 127 cm³/mol. The van der Waals surface area contributed by atoms with Crippen LogP contribution in [0.1, 0.15) is 59.1 Å². The monoisotopic (exact) mass is 445 g/mol. The number of hydrogen-bond donors (Lipinski definition) is 0. The first-order valence-electron chi connectivity index (χ1n) is 10.8. The van der Waals surface area contributed by atoms with Crippen molar-refractivity contribution in [3.8, 4) is 0 Å². The van der Waals surface area contributed by atoms with E-state index in [1.165, 1.54) is 32.8 Å². The van der Waals surface area contributed by atoms with E-state index in [1.807, 2.05) is 12.1 Å². The summed E-state index contributed by atoms with van der Waals surface area (Å²) in [5, 5.41) is -0.726. The minimum atomic E-state index is -0.726. The molecule has 0 fully saturated rings. The highest BCUT2D eigenvalue weighted by Gasteiger charge is 2.36. The lowest BCUT2D eigenvalue weighted by Crippen LogP contribution is -2.32. The Kier molecular flexibility index (Phi) is 8.15. The summed E-state index contributed by atoms with van der Waals surface area (Å²) < 4.78 is 5.45. The van der Waals surface area contributed by atoms with Gasteiger partial charge in [0.25, 0.3) is 0 Å². The number of ether oxygens (including phenoxy) is 1. The fourth-order valence-electron chi connectivity index (χ4n) is 4.18. The maximum absolute atomic E-state index is 12.3. The molecule has 4 nitrogen and oxygen atoms in total. The Morgan fingerprint density at radius 1 is 1.00 bits per heavy atom. The van der Waals surface area contributed by atoms with E-state index in [0.29, 0.717) is 0 Å². The lowest BCUT2D eigenvalue weighted by Gasteiger charge is -2.29. The van der Waals surface area contributed by atoms with Crippen molar-refractivity contribution < 1.29 is 14.3 Å². The zero-order valence-electron chi connectivity index (χ0n) is 20.1. The van der Waals surface area contributed by atoms with Crippen molar-refractivity contribution in [1.29, 1.82) is 0 Å². The van der Waals surface area contributed by atoms with Crippen LogP contribution >= 0.6 is 11.6 Å². The summed E-state index contributed by atoms with van der Waals surface area (Å²) in [6.45, 7) is 13.2. The fourth-order valence-corrected chi connectivity index (χ4v) is 4.64. The summed E-state index contributed by atoms with van der Waals surface area (Å²) in [6, 6.07) is 8.27. The molecule has 31 heavy (non-hydrogen) atoms. The summed E-state index contributed by atoms with van der Waals surface area (Å²) in [6.07, 6.45) is 1.21. The van der Waals surface area contributed by atoms with Crippen LogP contribution in [0.3, 0.4) is 0 Å². The van der Waals surface area contributed by atoms with Gasteiger partial charge in [-0.2, -0.15) is 0 Å². The van der Waals surface area contributed by atoms with Crippen molar-refractivity contribution in [3.63, 3.8) is 0 Å². The summed E-state index contributed by atoms with van der Waals surface area (Å²) in [5.74, 6) is -0.982. The quantitative estimate of drug-likeness (QED) is 0.381. The fraction of sp³-hybridized carbons (Fsp3) is 0.538. The average Bonchev–Trinajstić information content (AvgIpc) is 2.87. The molecule has 0 saturated heterocycles. The van der Waals surface area contributed by atoms with Gasteiger partial charge in [0, 0.05) is 19.5 Å². The van der Waals surface area contributed by atoms with E-state index in [1.54, 1.807) is 21.0 Å². The molecule has 2 rings (SSSR count). The number of hydrogen-bond acceptors (Lipinski definition) is 3. The average molecular weight is 446 g/mol. The van der Waals surface area contributed by atoms with Gasteiger partial charge in [0.05, 0.1) is 5.92 Å². The predicted octanol–water partition coefficient (Wildman–Crippen LogP) is 5.69. The normalized spacial score (nSPS) is 17.6. The molecule has 5 heteroatoms. The maximum Gasteiger partial charge on any atom is 0.309 e. The number of halogens is 1. The van der Waals surface area contributed by atoms with E-state index >= 15 is 0 Å². The minimum absolute atomic E-state index is 0.0552. The number of carbonyl (C=O) groups is 2. The molecule has 2 unspecified atom stereocenters. The molecule has 0 heterocycles. The van der Waals surface area contributed by atoms with Gasteiger partial charge in [0.15, 0.2) is 0 Å². The van der Waals surface area contributed by atoms with Gasteiger partial charge in [-0.1, -0.05) is 49.3 Å². The van der Waals surface area contributed by atoms with E-state index in [0.717, 1.165) is 12.0 Å². The van der Waals surface area contributed by atoms with E-state index in [-0.39, 0.29) is 30.3 Å². The number of allylic oxidation sites excluding steroid dienone is 4. The maximum atomic E-state index is 12.3. The van der Waals surface area contributed by atoms with Crippen LogP contribution in [-0.2, 0) is 27.4 Å². The summed E-state index contributed by atoms with van der Waals surface area (Å²) in [5.41, 5.74) is 7.96. The Morgan fingerprint density at radius 2 is 1.48 bits per heavy atom. The van der Waals surface area contributed by atoms with Gasteiger partial charge in [-0.25, -0.2) is 0 Å². The lowest BCUT2D eigenvalue weighted by atomic mass is 9.74. The van der Waals surface area contributed by atoms with Gasteiger partial charge >= 0.3 is 5.97 Å². The Hall–Kier alpha value is -2.07. The molecular weight excluding hydrogens is 410 g/mol. The zero-order valence-corrected chi connectivity index (χ0v) is 20.9. The van der Waals surface area contributed by atoms with Crippen LogP contribution in [0.25, 0.3) is 0 Å². The number of benzene rings is 1. The molecule has 0 saturated carbocycles. The van der Waals surface area contributed by atoms with Crippen LogP contribution < -0.4 is 0 Å². The molecule has 0 N–H and O–H groups in total. The first-order valence-corrected chi connectivity index (χ1v) is 11.3. The highest BCUT2D eigenvalue weighted by molar-refractivity contribution is 6.30. The molecule has 2 atom stereocenters. The Balaban J connectivity index is 1.93. The van der Waals surface area contributed by atoms with Crippen LogP contribution in [0.15, 0.2) is 46.6 Å². The Morgan fingerprint density at radius 3 is 1.97 bits per heavy atom. The van der Waals surface area contributed by atoms with Gasteiger partial charge in [0.1, 0.15) is 12.0 Å². The highest BCUT2D eigenvalue weighted by atomic mass is 35.5. The molecule has 1 amide bonds. The largest absolute Gasteiger partial charge is 0.461 e. The van der Waals surface area contributed by atoms with Crippen LogP contribution in [0, 0.1) is 11.3 Å². The van der Waals surface area contributed by atoms with Crippen molar-refractivity contribution >= 4 is 23.5 Å². The zero-order chi connectivity index (χ0) is 23.5. The third-order valence-corrected chi connectivity index (χ3v) is 7.34. The number of alkyl halides is 1. The minimum Gasteiger partial charge on any atom is -0.461 e. The topological polar surface area (TPSA) is 46.6 Å². The second-order valence-corrected chi connectivity index (χ2v) is 9.80. The molecule has 0 bridgehead atoms. The van der Waals surface area contributed by atoms with E-state index in [9.17, 15) is 9.59 Å². The van der Waals surface area contributed by atoms with E-state index in [4.69, 9.17) is 16.3 Å². The molecule has 0 aromatic heterocycles. The van der Waals surface area contributed by atoms with E-state index < -0.39 is 11.3 Å². The first-order chi connectivity index (χ1) is 14.4. The lowest BCUT2D eigenvalue weighted by molar-refractivity contribution is -0.149. The molecule has 1 aromatic rings. The Bertz CT molecular complexity index is 872. The third-order valence-electron chi connectivity index (χ3n) is 6.98. The van der Waals surface area contributed by atoms with Crippen molar-refractivity contribution in [2.24, 2.45) is 11.3 Å². The number of nitrogens with zero attached hydrogens (tertiary/aromatic N) is 1. The molecule has 1 aliphatic carbocycles. The second kappa shape index (κ2) is 10.0. The van der Waals surface area contributed by atoms with Crippen LogP contribution in [0.4, 0.5) is 0 Å². The summed E-state index contributed by atoms with van der Waals surface area (Å²) in [7, 11) is 3.30. The number of carbonyl (C=O) groups excluding carboxylic acids is 2. The number of amides is 1. The third kappa shape index (κ3) is 5.60. The van der Waals surface area contributed by atoms with Gasteiger partial charge in [-0.05, 0) is 62.8 Å². The first kappa shape index (κ1) is 25.2. The van der Waals surface area contributed by atoms with E-state index in [2.05, 4.69) is 46.8 Å². The van der Waals surface area contributed by atoms with Gasteiger partial charge in [-0.3, -0.25) is 9.59 Å². The standard InChI is InChI=1S/C26H36ClNO3/c1-16(13-23(27)24(29)28(7)8)25(30)31-15-22-11-9-21(10-12-22)14-26(6)19(4)17(2)18(3)20(26)5/h9-12,16,23H,13-15H2,1-8H3. The van der Waals surface area contributed by atoms with Crippen molar-refractivity contribution in [2.75, 3.05) is 14.1 Å². The highest BCUT2D eigenvalue weighted by Crippen LogP contribution is 2.48. The number of esters is 1.